The zero-order valence-electron chi connectivity index (χ0n) is 20.1. The third-order valence-electron chi connectivity index (χ3n) is 5.83. The van der Waals surface area contributed by atoms with Crippen molar-refractivity contribution in [2.75, 3.05) is 25.5 Å². The summed E-state index contributed by atoms with van der Waals surface area (Å²) >= 11 is 0. The first-order chi connectivity index (χ1) is 15.6. The van der Waals surface area contributed by atoms with E-state index in [9.17, 15) is 13.2 Å². The van der Waals surface area contributed by atoms with Crippen molar-refractivity contribution in [3.63, 3.8) is 0 Å². The molecule has 0 aromatic heterocycles. The number of ether oxygens (including phenoxy) is 2. The lowest BCUT2D eigenvalue weighted by Gasteiger charge is -2.26. The molecule has 7 nitrogen and oxygen atoms in total. The summed E-state index contributed by atoms with van der Waals surface area (Å²) in [5.41, 5.74) is 2.45. The third-order valence-corrected chi connectivity index (χ3v) is 7.75. The molecule has 0 radical (unpaired) electrons. The molecule has 8 heteroatoms. The molecule has 0 spiro atoms. The highest BCUT2D eigenvalue weighted by atomic mass is 32.2. The number of carbonyl (C=O) groups excluding carboxylic acids is 1. The zero-order valence-corrected chi connectivity index (χ0v) is 20.9. The van der Waals surface area contributed by atoms with Crippen LogP contribution in [0.15, 0.2) is 41.3 Å². The van der Waals surface area contributed by atoms with Crippen molar-refractivity contribution in [2.24, 2.45) is 0 Å². The SMILES string of the molecule is COc1ccc(NC(=O)[C@H](C)Oc2cc(C)ccc2C(C)C)cc1S(=O)(=O)N1CCCCC1. The van der Waals surface area contributed by atoms with Crippen LogP contribution in [0.5, 0.6) is 11.5 Å². The number of sulfonamides is 1. The molecule has 1 aliphatic heterocycles. The van der Waals surface area contributed by atoms with Crippen LogP contribution in [0.1, 0.15) is 57.1 Å². The highest BCUT2D eigenvalue weighted by Crippen LogP contribution is 2.32. The van der Waals surface area contributed by atoms with E-state index in [2.05, 4.69) is 19.2 Å². The van der Waals surface area contributed by atoms with E-state index in [0.717, 1.165) is 30.4 Å². The Morgan fingerprint density at radius 1 is 1.00 bits per heavy atom. The van der Waals surface area contributed by atoms with E-state index in [4.69, 9.17) is 9.47 Å². The quantitative estimate of drug-likeness (QED) is 0.599. The fourth-order valence-corrected chi connectivity index (χ4v) is 5.61. The number of hydrogen-bond donors (Lipinski definition) is 1. The Labute approximate surface area is 197 Å². The van der Waals surface area contributed by atoms with E-state index >= 15 is 0 Å². The lowest BCUT2D eigenvalue weighted by Crippen LogP contribution is -2.36. The summed E-state index contributed by atoms with van der Waals surface area (Å²) in [6.45, 7) is 8.77. The molecule has 1 fully saturated rings. The Hall–Kier alpha value is -2.58. The standard InChI is InChI=1S/C25H34N2O5S/c1-17(2)21-11-9-18(3)15-23(21)32-19(4)25(28)26-20-10-12-22(31-5)24(16-20)33(29,30)27-13-7-6-8-14-27/h9-12,15-17,19H,6-8,13-14H2,1-5H3,(H,26,28)/t19-/m0/s1. The third kappa shape index (κ3) is 5.86. The monoisotopic (exact) mass is 474 g/mol. The van der Waals surface area contributed by atoms with Crippen LogP contribution >= 0.6 is 0 Å². The molecule has 1 saturated heterocycles. The number of nitrogens with one attached hydrogen (secondary N) is 1. The van der Waals surface area contributed by atoms with Gasteiger partial charge in [0.25, 0.3) is 5.91 Å². The van der Waals surface area contributed by atoms with E-state index < -0.39 is 16.1 Å². The number of carbonyl (C=O) groups is 1. The van der Waals surface area contributed by atoms with Crippen LogP contribution < -0.4 is 14.8 Å². The number of hydrogen-bond acceptors (Lipinski definition) is 5. The van der Waals surface area contributed by atoms with E-state index in [1.54, 1.807) is 19.1 Å². The Kier molecular flexibility index (Phi) is 8.02. The first-order valence-electron chi connectivity index (χ1n) is 11.4. The van der Waals surface area contributed by atoms with Crippen molar-refractivity contribution < 1.29 is 22.7 Å². The van der Waals surface area contributed by atoms with Crippen LogP contribution in [0.3, 0.4) is 0 Å². The maximum atomic E-state index is 13.2. The Balaban J connectivity index is 1.80. The predicted molar refractivity (Wildman–Crippen MR) is 130 cm³/mol. The van der Waals surface area contributed by atoms with Gasteiger partial charge in [0.2, 0.25) is 10.0 Å². The van der Waals surface area contributed by atoms with Crippen molar-refractivity contribution >= 4 is 21.6 Å². The van der Waals surface area contributed by atoms with E-state index in [-0.39, 0.29) is 22.5 Å². The summed E-state index contributed by atoms with van der Waals surface area (Å²) < 4.78 is 39.2. The molecule has 1 aliphatic rings. The van der Waals surface area contributed by atoms with Crippen LogP contribution in [0.2, 0.25) is 0 Å². The number of amides is 1. The molecule has 33 heavy (non-hydrogen) atoms. The van der Waals surface area contributed by atoms with Crippen molar-refractivity contribution in [2.45, 2.75) is 63.9 Å². The minimum absolute atomic E-state index is 0.0547. The molecule has 0 unspecified atom stereocenters. The molecular weight excluding hydrogens is 440 g/mol. The van der Waals surface area contributed by atoms with Gasteiger partial charge in [-0.3, -0.25) is 4.79 Å². The average Bonchev–Trinajstić information content (AvgIpc) is 2.79. The topological polar surface area (TPSA) is 84.9 Å². The Morgan fingerprint density at radius 3 is 2.33 bits per heavy atom. The van der Waals surface area contributed by atoms with Crippen LogP contribution in [-0.4, -0.2) is 44.9 Å². The van der Waals surface area contributed by atoms with Gasteiger partial charge in [-0.2, -0.15) is 4.31 Å². The number of methoxy groups -OCH3 is 1. The van der Waals surface area contributed by atoms with E-state index in [0.29, 0.717) is 24.5 Å². The van der Waals surface area contributed by atoms with Crippen molar-refractivity contribution in [1.29, 1.82) is 0 Å². The molecule has 0 aliphatic carbocycles. The molecule has 2 aromatic rings. The van der Waals surface area contributed by atoms with Gasteiger partial charge >= 0.3 is 0 Å². The maximum absolute atomic E-state index is 13.2. The molecule has 1 atom stereocenters. The Morgan fingerprint density at radius 2 is 1.70 bits per heavy atom. The summed E-state index contributed by atoms with van der Waals surface area (Å²) in [6.07, 6.45) is 1.93. The highest BCUT2D eigenvalue weighted by molar-refractivity contribution is 7.89. The van der Waals surface area contributed by atoms with Gasteiger partial charge in [-0.15, -0.1) is 0 Å². The number of benzene rings is 2. The summed E-state index contributed by atoms with van der Waals surface area (Å²) in [4.78, 5) is 12.9. The molecule has 0 saturated carbocycles. The average molecular weight is 475 g/mol. The van der Waals surface area contributed by atoms with Crippen molar-refractivity contribution in [3.05, 3.63) is 47.5 Å². The number of rotatable bonds is 8. The van der Waals surface area contributed by atoms with Gasteiger partial charge < -0.3 is 14.8 Å². The number of aryl methyl sites for hydroxylation is 1. The molecule has 1 heterocycles. The first kappa shape index (κ1) is 25.1. The van der Waals surface area contributed by atoms with Gasteiger partial charge in [-0.05, 0) is 68.0 Å². The summed E-state index contributed by atoms with van der Waals surface area (Å²) in [5, 5.41) is 2.79. The number of anilines is 1. The molecule has 2 aromatic carbocycles. The number of piperidine rings is 1. The minimum Gasteiger partial charge on any atom is -0.495 e. The van der Waals surface area contributed by atoms with Crippen LogP contribution in [0.25, 0.3) is 0 Å². The van der Waals surface area contributed by atoms with Gasteiger partial charge in [-0.25, -0.2) is 8.42 Å². The van der Waals surface area contributed by atoms with Gasteiger partial charge in [0.1, 0.15) is 16.4 Å². The molecule has 3 rings (SSSR count). The fourth-order valence-electron chi connectivity index (χ4n) is 3.91. The second kappa shape index (κ2) is 10.6. The fraction of sp³-hybridized carbons (Fsp3) is 0.480. The zero-order chi connectivity index (χ0) is 24.2. The second-order valence-corrected chi connectivity index (χ2v) is 10.7. The Bertz CT molecular complexity index is 1090. The molecule has 1 N–H and O–H groups in total. The lowest BCUT2D eigenvalue weighted by molar-refractivity contribution is -0.122. The predicted octanol–water partition coefficient (Wildman–Crippen LogP) is 4.71. The largest absolute Gasteiger partial charge is 0.495 e. The lowest BCUT2D eigenvalue weighted by atomic mass is 10.0. The second-order valence-electron chi connectivity index (χ2n) is 8.78. The summed E-state index contributed by atoms with van der Waals surface area (Å²) in [7, 11) is -2.29. The van der Waals surface area contributed by atoms with Gasteiger partial charge in [0, 0.05) is 18.8 Å². The molecule has 0 bridgehead atoms. The maximum Gasteiger partial charge on any atom is 0.265 e. The van der Waals surface area contributed by atoms with Crippen LogP contribution in [0.4, 0.5) is 5.69 Å². The number of nitrogens with zero attached hydrogens (tertiary/aromatic N) is 1. The van der Waals surface area contributed by atoms with Gasteiger partial charge in [-0.1, -0.05) is 32.4 Å². The van der Waals surface area contributed by atoms with E-state index in [1.165, 1.54) is 17.5 Å². The minimum atomic E-state index is -3.73. The molecule has 180 valence electrons. The molecular formula is C25H34N2O5S. The van der Waals surface area contributed by atoms with Crippen molar-refractivity contribution in [3.8, 4) is 11.5 Å². The molecule has 1 amide bonds. The van der Waals surface area contributed by atoms with Gasteiger partial charge in [0.15, 0.2) is 6.10 Å². The normalized spacial score (nSPS) is 15.8. The van der Waals surface area contributed by atoms with Crippen molar-refractivity contribution in [1.82, 2.24) is 4.31 Å². The van der Waals surface area contributed by atoms with E-state index in [1.807, 2.05) is 25.1 Å². The summed E-state index contributed by atoms with van der Waals surface area (Å²) in [5.74, 6) is 0.817. The van der Waals surface area contributed by atoms with Gasteiger partial charge in [0.05, 0.1) is 7.11 Å². The van der Waals surface area contributed by atoms with Crippen LogP contribution in [-0.2, 0) is 14.8 Å². The highest BCUT2D eigenvalue weighted by Gasteiger charge is 2.29. The first-order valence-corrected chi connectivity index (χ1v) is 12.8. The smallest absolute Gasteiger partial charge is 0.265 e. The van der Waals surface area contributed by atoms with Crippen LogP contribution in [0, 0.1) is 6.92 Å². The summed E-state index contributed by atoms with van der Waals surface area (Å²) in [6, 6.07) is 10.6.